The lowest BCUT2D eigenvalue weighted by Gasteiger charge is -2.14. The smallest absolute Gasteiger partial charge is 0.251 e. The van der Waals surface area contributed by atoms with Gasteiger partial charge < -0.3 is 9.73 Å². The number of hydrogen-bond acceptors (Lipinski definition) is 4. The standard InChI is InChI=1S/C15H18N2O4S/c1-11(14-8-5-9-21-14)16-15(18)12-6-4-7-13(10-12)22(19,20)17(2)3/h4-11H,1-3H3,(H,16,18)/t11-/m1/s1. The molecule has 2 aromatic rings. The monoisotopic (exact) mass is 322 g/mol. The first kappa shape index (κ1) is 16.3. The van der Waals surface area contributed by atoms with Crippen LogP contribution in [0.3, 0.4) is 0 Å². The van der Waals surface area contributed by atoms with Crippen LogP contribution in [0.1, 0.15) is 29.1 Å². The molecule has 0 unspecified atom stereocenters. The topological polar surface area (TPSA) is 79.6 Å². The van der Waals surface area contributed by atoms with E-state index in [1.165, 1.54) is 32.5 Å². The molecule has 0 saturated heterocycles. The Balaban J connectivity index is 2.21. The number of nitrogens with zero attached hydrogens (tertiary/aromatic N) is 1. The Labute approximate surface area is 129 Å². The van der Waals surface area contributed by atoms with Crippen LogP contribution in [-0.4, -0.2) is 32.7 Å². The van der Waals surface area contributed by atoms with E-state index in [9.17, 15) is 13.2 Å². The minimum Gasteiger partial charge on any atom is -0.467 e. The molecule has 22 heavy (non-hydrogen) atoms. The van der Waals surface area contributed by atoms with E-state index in [0.717, 1.165) is 4.31 Å². The first-order valence-electron chi connectivity index (χ1n) is 6.69. The summed E-state index contributed by atoms with van der Waals surface area (Å²) in [5.41, 5.74) is 0.279. The molecule has 7 heteroatoms. The minimum atomic E-state index is -3.57. The van der Waals surface area contributed by atoms with E-state index in [2.05, 4.69) is 5.32 Å². The molecular weight excluding hydrogens is 304 g/mol. The van der Waals surface area contributed by atoms with Crippen molar-refractivity contribution in [2.45, 2.75) is 17.9 Å². The summed E-state index contributed by atoms with van der Waals surface area (Å²) in [6.45, 7) is 1.79. The minimum absolute atomic E-state index is 0.0794. The van der Waals surface area contributed by atoms with E-state index in [1.807, 2.05) is 0 Å². The summed E-state index contributed by atoms with van der Waals surface area (Å²) in [6.07, 6.45) is 1.53. The SMILES string of the molecule is C[C@@H](NC(=O)c1cccc(S(=O)(=O)N(C)C)c1)c1ccco1. The van der Waals surface area contributed by atoms with Gasteiger partial charge in [-0.25, -0.2) is 12.7 Å². The van der Waals surface area contributed by atoms with Gasteiger partial charge in [-0.3, -0.25) is 4.79 Å². The van der Waals surface area contributed by atoms with Crippen molar-refractivity contribution in [2.75, 3.05) is 14.1 Å². The van der Waals surface area contributed by atoms with Crippen molar-refractivity contribution < 1.29 is 17.6 Å². The maximum atomic E-state index is 12.2. The average molecular weight is 322 g/mol. The lowest BCUT2D eigenvalue weighted by molar-refractivity contribution is 0.0935. The molecule has 0 aliphatic carbocycles. The van der Waals surface area contributed by atoms with Crippen LogP contribution in [0.4, 0.5) is 0 Å². The molecule has 0 spiro atoms. The molecule has 0 radical (unpaired) electrons. The highest BCUT2D eigenvalue weighted by molar-refractivity contribution is 7.89. The highest BCUT2D eigenvalue weighted by atomic mass is 32.2. The molecule has 0 saturated carbocycles. The number of carbonyl (C=O) groups excluding carboxylic acids is 1. The number of nitrogens with one attached hydrogen (secondary N) is 1. The van der Waals surface area contributed by atoms with Gasteiger partial charge in [-0.05, 0) is 37.3 Å². The second kappa shape index (κ2) is 6.33. The largest absolute Gasteiger partial charge is 0.467 e. The molecule has 1 N–H and O–H groups in total. The van der Waals surface area contributed by atoms with E-state index < -0.39 is 10.0 Å². The van der Waals surface area contributed by atoms with Gasteiger partial charge in [0.2, 0.25) is 10.0 Å². The van der Waals surface area contributed by atoms with Crippen molar-refractivity contribution in [1.29, 1.82) is 0 Å². The van der Waals surface area contributed by atoms with E-state index >= 15 is 0 Å². The number of rotatable bonds is 5. The molecule has 1 heterocycles. The van der Waals surface area contributed by atoms with Crippen molar-refractivity contribution >= 4 is 15.9 Å². The molecule has 118 valence electrons. The zero-order chi connectivity index (χ0) is 16.3. The van der Waals surface area contributed by atoms with Crippen LogP contribution in [0.25, 0.3) is 0 Å². The lowest BCUT2D eigenvalue weighted by atomic mass is 10.2. The molecule has 1 aromatic carbocycles. The summed E-state index contributed by atoms with van der Waals surface area (Å²) in [6, 6.07) is 9.13. The van der Waals surface area contributed by atoms with Crippen molar-refractivity contribution in [3.8, 4) is 0 Å². The van der Waals surface area contributed by atoms with E-state index in [1.54, 1.807) is 31.2 Å². The molecule has 1 amide bonds. The molecule has 0 fully saturated rings. The molecule has 2 rings (SSSR count). The molecule has 0 aliphatic rings. The second-order valence-electron chi connectivity index (χ2n) is 5.03. The molecule has 6 nitrogen and oxygen atoms in total. The van der Waals surface area contributed by atoms with Gasteiger partial charge in [0, 0.05) is 19.7 Å². The Morgan fingerprint density at radius 1 is 1.23 bits per heavy atom. The zero-order valence-corrected chi connectivity index (χ0v) is 13.4. The van der Waals surface area contributed by atoms with Gasteiger partial charge >= 0.3 is 0 Å². The maximum absolute atomic E-state index is 12.2. The number of sulfonamides is 1. The van der Waals surface area contributed by atoms with Gasteiger partial charge in [0.05, 0.1) is 17.2 Å². The first-order valence-corrected chi connectivity index (χ1v) is 8.13. The predicted octanol–water partition coefficient (Wildman–Crippen LogP) is 2.02. The van der Waals surface area contributed by atoms with Crippen LogP contribution in [0.5, 0.6) is 0 Å². The summed E-state index contributed by atoms with van der Waals surface area (Å²) in [5, 5.41) is 2.77. The second-order valence-corrected chi connectivity index (χ2v) is 7.18. The van der Waals surface area contributed by atoms with Gasteiger partial charge in [-0.1, -0.05) is 6.07 Å². The Hall–Kier alpha value is -2.12. The molecule has 0 aliphatic heterocycles. The summed E-state index contributed by atoms with van der Waals surface area (Å²) >= 11 is 0. The lowest BCUT2D eigenvalue weighted by Crippen LogP contribution is -2.27. The summed E-state index contributed by atoms with van der Waals surface area (Å²) < 4.78 is 30.5. The third kappa shape index (κ3) is 3.37. The first-order chi connectivity index (χ1) is 10.3. The van der Waals surface area contributed by atoms with Gasteiger partial charge in [0.25, 0.3) is 5.91 Å². The number of hydrogen-bond donors (Lipinski definition) is 1. The molecule has 1 atom stereocenters. The zero-order valence-electron chi connectivity index (χ0n) is 12.6. The fraction of sp³-hybridized carbons (Fsp3) is 0.267. The summed E-state index contributed by atoms with van der Waals surface area (Å²) in [4.78, 5) is 12.3. The van der Waals surface area contributed by atoms with E-state index in [-0.39, 0.29) is 22.4 Å². The summed E-state index contributed by atoms with van der Waals surface area (Å²) in [5.74, 6) is 0.269. The van der Waals surface area contributed by atoms with Crippen LogP contribution in [0, 0.1) is 0 Å². The van der Waals surface area contributed by atoms with Crippen LogP contribution in [0.2, 0.25) is 0 Å². The van der Waals surface area contributed by atoms with E-state index in [4.69, 9.17) is 4.42 Å². The van der Waals surface area contributed by atoms with Crippen molar-refractivity contribution in [1.82, 2.24) is 9.62 Å². The summed E-state index contributed by atoms with van der Waals surface area (Å²) in [7, 11) is -0.679. The Bertz CT molecular complexity index is 752. The van der Waals surface area contributed by atoms with Crippen LogP contribution in [-0.2, 0) is 10.0 Å². The fourth-order valence-electron chi connectivity index (χ4n) is 1.90. The third-order valence-corrected chi connectivity index (χ3v) is 5.00. The van der Waals surface area contributed by atoms with E-state index in [0.29, 0.717) is 5.76 Å². The number of carbonyl (C=O) groups is 1. The predicted molar refractivity (Wildman–Crippen MR) is 81.9 cm³/mol. The number of furan rings is 1. The number of amides is 1. The van der Waals surface area contributed by atoms with Gasteiger partial charge in [0.1, 0.15) is 5.76 Å². The van der Waals surface area contributed by atoms with Gasteiger partial charge in [-0.15, -0.1) is 0 Å². The normalized spacial score (nSPS) is 13.1. The highest BCUT2D eigenvalue weighted by Crippen LogP contribution is 2.17. The maximum Gasteiger partial charge on any atom is 0.251 e. The fourth-order valence-corrected chi connectivity index (χ4v) is 2.85. The highest BCUT2D eigenvalue weighted by Gasteiger charge is 2.19. The van der Waals surface area contributed by atoms with Gasteiger partial charge in [-0.2, -0.15) is 0 Å². The van der Waals surface area contributed by atoms with Gasteiger partial charge in [0.15, 0.2) is 0 Å². The van der Waals surface area contributed by atoms with Crippen molar-refractivity contribution in [2.24, 2.45) is 0 Å². The quantitative estimate of drug-likeness (QED) is 0.913. The van der Waals surface area contributed by atoms with Crippen molar-refractivity contribution in [3.05, 3.63) is 54.0 Å². The average Bonchev–Trinajstić information content (AvgIpc) is 3.01. The Morgan fingerprint density at radius 2 is 1.95 bits per heavy atom. The molecule has 1 aromatic heterocycles. The number of benzene rings is 1. The Kier molecular flexibility index (Phi) is 4.68. The van der Waals surface area contributed by atoms with Crippen LogP contribution >= 0.6 is 0 Å². The third-order valence-electron chi connectivity index (χ3n) is 3.19. The van der Waals surface area contributed by atoms with Crippen LogP contribution in [0.15, 0.2) is 52.0 Å². The Morgan fingerprint density at radius 3 is 2.55 bits per heavy atom. The van der Waals surface area contributed by atoms with Crippen molar-refractivity contribution in [3.63, 3.8) is 0 Å². The molecular formula is C15H18N2O4S. The van der Waals surface area contributed by atoms with Crippen LogP contribution < -0.4 is 5.32 Å². The molecule has 0 bridgehead atoms.